The van der Waals surface area contributed by atoms with Crippen LogP contribution in [0, 0.1) is 5.92 Å². The van der Waals surface area contributed by atoms with E-state index in [0.29, 0.717) is 30.1 Å². The molecule has 0 radical (unpaired) electrons. The molecule has 1 unspecified atom stereocenters. The van der Waals surface area contributed by atoms with Crippen LogP contribution in [-0.4, -0.2) is 34.3 Å². The smallest absolute Gasteiger partial charge is 0.307 e. The number of alkyl halides is 2. The number of rotatable bonds is 6. The number of hydrogen-bond donors (Lipinski definition) is 1. The van der Waals surface area contributed by atoms with Crippen LogP contribution in [0.5, 0.6) is 0 Å². The van der Waals surface area contributed by atoms with Crippen LogP contribution in [0.15, 0.2) is 0 Å². The van der Waals surface area contributed by atoms with Gasteiger partial charge >= 0.3 is 11.9 Å². The molecule has 1 N–H and O–H groups in total. The van der Waals surface area contributed by atoms with Gasteiger partial charge in [0, 0.05) is 10.7 Å². The standard InChI is InChI=1S/2C5H9BrO2/c1-2-8-5(7)3-4-6;1-2-4(3-6)5(7)8/h2-4H2,1H3;4H,2-3H2,1H3,(H,7,8). The first-order valence-corrected chi connectivity index (χ1v) is 7.28. The van der Waals surface area contributed by atoms with Gasteiger partial charge in [-0.15, -0.1) is 0 Å². The molecule has 0 saturated carbocycles. The Bertz CT molecular complexity index is 183. The summed E-state index contributed by atoms with van der Waals surface area (Å²) in [5.74, 6) is -1.07. The van der Waals surface area contributed by atoms with E-state index in [1.54, 1.807) is 6.92 Å². The van der Waals surface area contributed by atoms with Crippen molar-refractivity contribution in [3.8, 4) is 0 Å². The zero-order valence-corrected chi connectivity index (χ0v) is 12.7. The first kappa shape index (κ1) is 18.3. The van der Waals surface area contributed by atoms with E-state index < -0.39 is 5.97 Å². The van der Waals surface area contributed by atoms with Crippen LogP contribution >= 0.6 is 31.9 Å². The van der Waals surface area contributed by atoms with Crippen LogP contribution in [0.2, 0.25) is 0 Å². The minimum atomic E-state index is -0.718. The molecule has 0 amide bonds. The van der Waals surface area contributed by atoms with Gasteiger partial charge in [0.1, 0.15) is 0 Å². The topological polar surface area (TPSA) is 63.6 Å². The van der Waals surface area contributed by atoms with E-state index in [2.05, 4.69) is 36.6 Å². The number of hydrogen-bond acceptors (Lipinski definition) is 3. The van der Waals surface area contributed by atoms with Crippen molar-refractivity contribution in [2.75, 3.05) is 17.3 Å². The van der Waals surface area contributed by atoms with Crippen molar-refractivity contribution in [3.63, 3.8) is 0 Å². The molecule has 0 saturated heterocycles. The molecule has 4 nitrogen and oxygen atoms in total. The van der Waals surface area contributed by atoms with Crippen molar-refractivity contribution in [3.05, 3.63) is 0 Å². The maximum atomic E-state index is 10.4. The van der Waals surface area contributed by atoms with Crippen LogP contribution in [0.4, 0.5) is 0 Å². The molecule has 0 fully saturated rings. The molecule has 6 heteroatoms. The van der Waals surface area contributed by atoms with Crippen LogP contribution < -0.4 is 0 Å². The third kappa shape index (κ3) is 12.0. The van der Waals surface area contributed by atoms with Crippen LogP contribution in [0.25, 0.3) is 0 Å². The minimum Gasteiger partial charge on any atom is -0.481 e. The maximum absolute atomic E-state index is 10.4. The lowest BCUT2D eigenvalue weighted by atomic mass is 10.1. The Balaban J connectivity index is 0. The van der Waals surface area contributed by atoms with E-state index in [4.69, 9.17) is 5.11 Å². The normalized spacial score (nSPS) is 11.0. The van der Waals surface area contributed by atoms with E-state index in [0.717, 1.165) is 0 Å². The largest absolute Gasteiger partial charge is 0.481 e. The lowest BCUT2D eigenvalue weighted by Gasteiger charge is -2.01. The quantitative estimate of drug-likeness (QED) is 0.583. The lowest BCUT2D eigenvalue weighted by Crippen LogP contribution is -2.13. The first-order chi connectivity index (χ1) is 7.53. The fourth-order valence-corrected chi connectivity index (χ4v) is 1.72. The van der Waals surface area contributed by atoms with Crippen LogP contribution in [-0.2, 0) is 14.3 Å². The Morgan fingerprint density at radius 2 is 1.88 bits per heavy atom. The zero-order valence-electron chi connectivity index (χ0n) is 9.54. The predicted octanol–water partition coefficient (Wildman–Crippen LogP) is 2.83. The number of ether oxygens (including phenoxy) is 1. The summed E-state index contributed by atoms with van der Waals surface area (Å²) < 4.78 is 4.61. The van der Waals surface area contributed by atoms with Gasteiger partial charge in [-0.3, -0.25) is 9.59 Å². The number of esters is 1. The Kier molecular flexibility index (Phi) is 14.8. The Morgan fingerprint density at radius 1 is 1.31 bits per heavy atom. The van der Waals surface area contributed by atoms with Gasteiger partial charge in [-0.05, 0) is 13.3 Å². The van der Waals surface area contributed by atoms with Crippen molar-refractivity contribution >= 4 is 43.8 Å². The molecule has 1 atom stereocenters. The number of carboxylic acids is 1. The minimum absolute atomic E-state index is 0.135. The summed E-state index contributed by atoms with van der Waals surface area (Å²) in [5.41, 5.74) is 0. The molecule has 0 rings (SSSR count). The van der Waals surface area contributed by atoms with Gasteiger partial charge in [0.25, 0.3) is 0 Å². The highest BCUT2D eigenvalue weighted by molar-refractivity contribution is 9.09. The van der Waals surface area contributed by atoms with E-state index in [1.165, 1.54) is 0 Å². The van der Waals surface area contributed by atoms with E-state index in [-0.39, 0.29) is 11.9 Å². The van der Waals surface area contributed by atoms with Crippen molar-refractivity contribution in [2.45, 2.75) is 26.7 Å². The first-order valence-electron chi connectivity index (χ1n) is 5.03. The summed E-state index contributed by atoms with van der Waals surface area (Å²) in [6, 6.07) is 0. The number of carboxylic acid groups (broad SMARTS) is 1. The average Bonchev–Trinajstić information content (AvgIpc) is 2.20. The van der Waals surface area contributed by atoms with Crippen molar-refractivity contribution in [1.82, 2.24) is 0 Å². The predicted molar refractivity (Wildman–Crippen MR) is 70.3 cm³/mol. The summed E-state index contributed by atoms with van der Waals surface area (Å²) in [5, 5.41) is 9.58. The molecule has 96 valence electrons. The van der Waals surface area contributed by atoms with E-state index in [1.807, 2.05) is 6.92 Å². The second kappa shape index (κ2) is 13.0. The van der Waals surface area contributed by atoms with Gasteiger partial charge in [0.2, 0.25) is 0 Å². The van der Waals surface area contributed by atoms with Crippen molar-refractivity contribution < 1.29 is 19.4 Å². The summed E-state index contributed by atoms with van der Waals surface area (Å²) >= 11 is 6.21. The summed E-state index contributed by atoms with van der Waals surface area (Å²) in [4.78, 5) is 20.5. The highest BCUT2D eigenvalue weighted by atomic mass is 79.9. The third-order valence-corrected chi connectivity index (χ3v) is 2.81. The Labute approximate surface area is 113 Å². The number of carbonyl (C=O) groups excluding carboxylic acids is 1. The van der Waals surface area contributed by atoms with Gasteiger partial charge in [0.15, 0.2) is 0 Å². The monoisotopic (exact) mass is 360 g/mol. The van der Waals surface area contributed by atoms with Crippen LogP contribution in [0.3, 0.4) is 0 Å². The lowest BCUT2D eigenvalue weighted by molar-refractivity contribution is -0.143. The van der Waals surface area contributed by atoms with Gasteiger partial charge < -0.3 is 9.84 Å². The van der Waals surface area contributed by atoms with Gasteiger partial charge in [0.05, 0.1) is 18.9 Å². The molecule has 0 aliphatic rings. The molecule has 16 heavy (non-hydrogen) atoms. The molecular weight excluding hydrogens is 344 g/mol. The second-order valence-corrected chi connectivity index (χ2v) is 4.28. The average molecular weight is 362 g/mol. The SMILES string of the molecule is CCC(CBr)C(=O)O.CCOC(=O)CCBr. The summed E-state index contributed by atoms with van der Waals surface area (Å²) in [6.45, 7) is 4.14. The molecule has 0 aromatic heterocycles. The molecule has 0 aliphatic heterocycles. The molecule has 0 aromatic carbocycles. The summed E-state index contributed by atoms with van der Waals surface area (Å²) in [6.07, 6.45) is 1.16. The molecule has 0 spiro atoms. The molecule has 0 heterocycles. The van der Waals surface area contributed by atoms with Gasteiger partial charge in [-0.1, -0.05) is 38.8 Å². The van der Waals surface area contributed by atoms with E-state index in [9.17, 15) is 9.59 Å². The Morgan fingerprint density at radius 3 is 2.06 bits per heavy atom. The summed E-state index contributed by atoms with van der Waals surface area (Å²) in [7, 11) is 0. The molecular formula is C10H18Br2O4. The van der Waals surface area contributed by atoms with E-state index >= 15 is 0 Å². The second-order valence-electron chi connectivity index (χ2n) is 2.84. The highest BCUT2D eigenvalue weighted by Gasteiger charge is 2.11. The zero-order chi connectivity index (χ0) is 13.0. The molecule has 0 aliphatic carbocycles. The molecule has 0 aromatic rings. The van der Waals surface area contributed by atoms with Crippen LogP contribution in [0.1, 0.15) is 26.7 Å². The number of halogens is 2. The maximum Gasteiger partial charge on any atom is 0.307 e. The third-order valence-electron chi connectivity index (χ3n) is 1.63. The highest BCUT2D eigenvalue weighted by Crippen LogP contribution is 2.05. The number of carbonyl (C=O) groups is 2. The van der Waals surface area contributed by atoms with Crippen molar-refractivity contribution in [1.29, 1.82) is 0 Å². The van der Waals surface area contributed by atoms with Gasteiger partial charge in [-0.2, -0.15) is 0 Å². The Hall–Kier alpha value is -0.100. The van der Waals surface area contributed by atoms with Gasteiger partial charge in [-0.25, -0.2) is 0 Å². The van der Waals surface area contributed by atoms with Crippen molar-refractivity contribution in [2.24, 2.45) is 5.92 Å². The fraction of sp³-hybridized carbons (Fsp3) is 0.800. The molecule has 0 bridgehead atoms. The number of aliphatic carboxylic acids is 1. The fourth-order valence-electron chi connectivity index (χ4n) is 0.660.